The quantitative estimate of drug-likeness (QED) is 0.674. The van der Waals surface area contributed by atoms with Crippen LogP contribution in [0.2, 0.25) is 0 Å². The molecule has 3 heteroatoms. The molecule has 2 nitrogen and oxygen atoms in total. The number of hydrogen-bond acceptors (Lipinski definition) is 1. The number of hydrogen-bond donors (Lipinski definition) is 0. The number of halogens is 1. The average molecular weight is 292 g/mol. The van der Waals surface area contributed by atoms with E-state index in [2.05, 4.69) is 9.55 Å². The molecule has 1 unspecified atom stereocenters. The molecule has 22 heavy (non-hydrogen) atoms. The van der Waals surface area contributed by atoms with Gasteiger partial charge in [0.15, 0.2) is 0 Å². The predicted molar refractivity (Wildman–Crippen MR) is 85.1 cm³/mol. The first kappa shape index (κ1) is 13.3. The Morgan fingerprint density at radius 3 is 2.82 bits per heavy atom. The van der Waals surface area contributed by atoms with Crippen LogP contribution in [0.25, 0.3) is 11.1 Å². The van der Waals surface area contributed by atoms with Crippen molar-refractivity contribution < 1.29 is 4.39 Å². The summed E-state index contributed by atoms with van der Waals surface area (Å²) in [6.45, 7) is 0. The molecule has 0 N–H and O–H groups in total. The van der Waals surface area contributed by atoms with E-state index in [-0.39, 0.29) is 11.9 Å². The molecule has 1 aliphatic rings. The van der Waals surface area contributed by atoms with E-state index in [4.69, 9.17) is 0 Å². The maximum absolute atomic E-state index is 13.8. The molecule has 0 fully saturated rings. The zero-order valence-electron chi connectivity index (χ0n) is 12.2. The minimum atomic E-state index is -0.190. The molecule has 1 atom stereocenters. The molecule has 0 amide bonds. The van der Waals surface area contributed by atoms with Crippen LogP contribution < -0.4 is 0 Å². The Kier molecular flexibility index (Phi) is 3.26. The van der Waals surface area contributed by atoms with Crippen LogP contribution >= 0.6 is 0 Å². The first-order valence-electron chi connectivity index (χ1n) is 7.68. The van der Waals surface area contributed by atoms with Gasteiger partial charge in [0.05, 0.1) is 12.4 Å². The molecule has 3 aromatic rings. The topological polar surface area (TPSA) is 17.8 Å². The highest BCUT2D eigenvalue weighted by Gasteiger charge is 2.23. The molecular weight excluding hydrogens is 275 g/mol. The third kappa shape index (κ3) is 2.23. The van der Waals surface area contributed by atoms with Gasteiger partial charge in [-0.2, -0.15) is 0 Å². The summed E-state index contributed by atoms with van der Waals surface area (Å²) in [4.78, 5) is 4.29. The van der Waals surface area contributed by atoms with Crippen LogP contribution in [0.5, 0.6) is 0 Å². The zero-order chi connectivity index (χ0) is 14.9. The van der Waals surface area contributed by atoms with Gasteiger partial charge in [0, 0.05) is 11.9 Å². The number of nitrogens with zero attached hydrogens (tertiary/aromatic N) is 2. The molecule has 2 heterocycles. The molecular formula is C19H17FN2. The van der Waals surface area contributed by atoms with Crippen molar-refractivity contribution in [2.45, 2.75) is 25.3 Å². The number of aromatic nitrogens is 2. The molecule has 0 aliphatic carbocycles. The van der Waals surface area contributed by atoms with E-state index < -0.39 is 0 Å². The Bertz CT molecular complexity index is 792. The lowest BCUT2D eigenvalue weighted by Gasteiger charge is -2.27. The third-order valence-corrected chi connectivity index (χ3v) is 4.45. The van der Waals surface area contributed by atoms with Crippen LogP contribution in [0, 0.1) is 5.82 Å². The molecule has 0 saturated carbocycles. The van der Waals surface area contributed by atoms with Crippen molar-refractivity contribution in [1.82, 2.24) is 9.55 Å². The van der Waals surface area contributed by atoms with Crippen molar-refractivity contribution >= 4 is 0 Å². The van der Waals surface area contributed by atoms with Gasteiger partial charge >= 0.3 is 0 Å². The number of benzene rings is 2. The minimum absolute atomic E-state index is 0.190. The highest BCUT2D eigenvalue weighted by Crippen LogP contribution is 2.36. The molecule has 1 aromatic heterocycles. The van der Waals surface area contributed by atoms with Gasteiger partial charge in [0.1, 0.15) is 5.82 Å². The van der Waals surface area contributed by atoms with Gasteiger partial charge in [-0.1, -0.05) is 36.4 Å². The van der Waals surface area contributed by atoms with Gasteiger partial charge in [0.25, 0.3) is 0 Å². The van der Waals surface area contributed by atoms with Crippen LogP contribution in [0.3, 0.4) is 0 Å². The van der Waals surface area contributed by atoms with Gasteiger partial charge in [-0.05, 0) is 48.1 Å². The first-order chi connectivity index (χ1) is 10.8. The first-order valence-corrected chi connectivity index (χ1v) is 7.68. The molecule has 0 saturated heterocycles. The van der Waals surface area contributed by atoms with Crippen molar-refractivity contribution in [3.8, 4) is 11.1 Å². The fraction of sp³-hybridized carbons (Fsp3) is 0.211. The molecule has 2 aromatic carbocycles. The van der Waals surface area contributed by atoms with Crippen LogP contribution in [0.15, 0.2) is 61.1 Å². The van der Waals surface area contributed by atoms with Crippen LogP contribution in [0.1, 0.15) is 30.1 Å². The summed E-state index contributed by atoms with van der Waals surface area (Å²) in [6.07, 6.45) is 7.12. The summed E-state index contributed by atoms with van der Waals surface area (Å²) in [7, 11) is 0. The van der Waals surface area contributed by atoms with Crippen LogP contribution in [0.4, 0.5) is 4.39 Å². The number of aryl methyl sites for hydroxylation is 1. The Labute approximate surface area is 129 Å². The second-order valence-corrected chi connectivity index (χ2v) is 5.80. The van der Waals surface area contributed by atoms with Crippen molar-refractivity contribution in [1.29, 1.82) is 0 Å². The van der Waals surface area contributed by atoms with Crippen LogP contribution in [-0.2, 0) is 6.42 Å². The van der Waals surface area contributed by atoms with Gasteiger partial charge in [-0.25, -0.2) is 9.37 Å². The molecule has 0 bridgehead atoms. The van der Waals surface area contributed by atoms with Crippen LogP contribution in [-0.4, -0.2) is 9.55 Å². The largest absolute Gasteiger partial charge is 0.327 e. The summed E-state index contributed by atoms with van der Waals surface area (Å²) in [5, 5.41) is 0. The normalized spacial score (nSPS) is 17.2. The summed E-state index contributed by atoms with van der Waals surface area (Å²) in [6, 6.07) is 15.4. The van der Waals surface area contributed by atoms with Crippen molar-refractivity contribution in [2.75, 3.05) is 0 Å². The van der Waals surface area contributed by atoms with Gasteiger partial charge < -0.3 is 4.57 Å². The minimum Gasteiger partial charge on any atom is -0.327 e. The lowest BCUT2D eigenvalue weighted by molar-refractivity contribution is 0.458. The van der Waals surface area contributed by atoms with E-state index in [1.54, 1.807) is 12.1 Å². The highest BCUT2D eigenvalue weighted by molar-refractivity contribution is 5.68. The van der Waals surface area contributed by atoms with Crippen molar-refractivity contribution in [3.05, 3.63) is 78.1 Å². The monoisotopic (exact) mass is 292 g/mol. The summed E-state index contributed by atoms with van der Waals surface area (Å²) in [5.41, 5.74) is 4.47. The fourth-order valence-electron chi connectivity index (χ4n) is 3.41. The van der Waals surface area contributed by atoms with E-state index in [1.807, 2.05) is 48.9 Å². The van der Waals surface area contributed by atoms with E-state index in [0.717, 1.165) is 30.4 Å². The lowest BCUT2D eigenvalue weighted by Crippen LogP contribution is -2.18. The molecule has 0 spiro atoms. The molecule has 1 aliphatic heterocycles. The molecule has 0 radical (unpaired) electrons. The maximum atomic E-state index is 13.8. The molecule has 110 valence electrons. The highest BCUT2D eigenvalue weighted by atomic mass is 19.1. The fourth-order valence-corrected chi connectivity index (χ4v) is 3.41. The Morgan fingerprint density at radius 1 is 1.09 bits per heavy atom. The Balaban J connectivity index is 1.87. The van der Waals surface area contributed by atoms with E-state index in [9.17, 15) is 4.39 Å². The van der Waals surface area contributed by atoms with E-state index in [1.165, 1.54) is 11.3 Å². The second kappa shape index (κ2) is 5.41. The lowest BCUT2D eigenvalue weighted by atomic mass is 9.90. The van der Waals surface area contributed by atoms with Gasteiger partial charge in [0.2, 0.25) is 0 Å². The predicted octanol–water partition coefficient (Wildman–Crippen LogP) is 4.61. The second-order valence-electron chi connectivity index (χ2n) is 5.80. The van der Waals surface area contributed by atoms with Crippen molar-refractivity contribution in [3.63, 3.8) is 0 Å². The zero-order valence-corrected chi connectivity index (χ0v) is 12.2. The van der Waals surface area contributed by atoms with Crippen molar-refractivity contribution in [2.24, 2.45) is 0 Å². The van der Waals surface area contributed by atoms with E-state index >= 15 is 0 Å². The van der Waals surface area contributed by atoms with Gasteiger partial charge in [-0.15, -0.1) is 0 Å². The third-order valence-electron chi connectivity index (χ3n) is 4.45. The number of imidazole rings is 1. The van der Waals surface area contributed by atoms with Gasteiger partial charge in [-0.3, -0.25) is 0 Å². The number of rotatable bonds is 2. The van der Waals surface area contributed by atoms with E-state index in [0.29, 0.717) is 0 Å². The SMILES string of the molecule is Fc1ccc(C2CCCc3cncn32)c(-c2ccccc2)c1. The number of fused-ring (bicyclic) bond motifs is 1. The average Bonchev–Trinajstić information content (AvgIpc) is 3.04. The summed E-state index contributed by atoms with van der Waals surface area (Å²) < 4.78 is 16.1. The Hall–Kier alpha value is -2.42. The molecule has 4 rings (SSSR count). The standard InChI is InChI=1S/C19H17FN2/c20-15-9-10-17(18(11-15)14-5-2-1-3-6-14)19-8-4-7-16-12-21-13-22(16)19/h1-3,5-6,9-13,19H,4,7-8H2. The Morgan fingerprint density at radius 2 is 1.95 bits per heavy atom. The smallest absolute Gasteiger partial charge is 0.123 e. The summed E-state index contributed by atoms with van der Waals surface area (Å²) in [5.74, 6) is -0.190. The maximum Gasteiger partial charge on any atom is 0.123 e. The summed E-state index contributed by atoms with van der Waals surface area (Å²) >= 11 is 0.